The summed E-state index contributed by atoms with van der Waals surface area (Å²) in [5, 5.41) is 0. The van der Waals surface area contributed by atoms with Crippen LogP contribution in [0.25, 0.3) is 0 Å². The molecule has 1 aliphatic rings. The van der Waals surface area contributed by atoms with Crippen molar-refractivity contribution in [3.05, 3.63) is 60.2 Å². The van der Waals surface area contributed by atoms with Crippen LogP contribution in [0.5, 0.6) is 0 Å². The van der Waals surface area contributed by atoms with Gasteiger partial charge in [0.15, 0.2) is 0 Å². The van der Waals surface area contributed by atoms with Crippen molar-refractivity contribution in [2.24, 2.45) is 0 Å². The molecule has 1 fully saturated rings. The molecule has 1 saturated carbocycles. The van der Waals surface area contributed by atoms with E-state index in [1.54, 1.807) is 7.05 Å². The maximum absolute atomic E-state index is 12.4. The van der Waals surface area contributed by atoms with Gasteiger partial charge < -0.3 is 4.90 Å². The zero-order valence-corrected chi connectivity index (χ0v) is 18.2. The standard InChI is InChI=1S/C20H25N3O5S2/c1-23(15-16-5-3-2-4-6-16)20(24)13-14-21-29(25,26)18-9-11-19(12-10-18)30(27,28)22-17-7-8-17/h2-6,9-12,17,21-22H,7-8,13-15H2,1H3. The molecule has 1 amide bonds. The fraction of sp³-hybridized carbons (Fsp3) is 0.350. The molecule has 1 aliphatic carbocycles. The van der Waals surface area contributed by atoms with Gasteiger partial charge in [-0.2, -0.15) is 0 Å². The number of amides is 1. The zero-order valence-electron chi connectivity index (χ0n) is 16.6. The van der Waals surface area contributed by atoms with E-state index in [1.165, 1.54) is 29.2 Å². The van der Waals surface area contributed by atoms with Crippen molar-refractivity contribution in [2.45, 2.75) is 41.6 Å². The molecule has 0 atom stereocenters. The summed E-state index contributed by atoms with van der Waals surface area (Å²) in [7, 11) is -5.82. The average molecular weight is 452 g/mol. The van der Waals surface area contributed by atoms with Crippen molar-refractivity contribution in [2.75, 3.05) is 13.6 Å². The van der Waals surface area contributed by atoms with Crippen LogP contribution in [-0.2, 0) is 31.4 Å². The Hall–Kier alpha value is -2.27. The van der Waals surface area contributed by atoms with Crippen molar-refractivity contribution in [1.82, 2.24) is 14.3 Å². The number of carbonyl (C=O) groups is 1. The van der Waals surface area contributed by atoms with Gasteiger partial charge in [-0.1, -0.05) is 30.3 Å². The summed E-state index contributed by atoms with van der Waals surface area (Å²) in [6, 6.07) is 14.5. The van der Waals surface area contributed by atoms with E-state index in [9.17, 15) is 21.6 Å². The summed E-state index contributed by atoms with van der Waals surface area (Å²) in [5.41, 5.74) is 0.986. The van der Waals surface area contributed by atoms with E-state index in [1.807, 2.05) is 30.3 Å². The molecule has 30 heavy (non-hydrogen) atoms. The fourth-order valence-electron chi connectivity index (χ4n) is 2.80. The van der Waals surface area contributed by atoms with Crippen LogP contribution < -0.4 is 9.44 Å². The second kappa shape index (κ2) is 9.25. The van der Waals surface area contributed by atoms with Crippen LogP contribution in [0, 0.1) is 0 Å². The Kier molecular flexibility index (Phi) is 6.91. The monoisotopic (exact) mass is 451 g/mol. The quantitative estimate of drug-likeness (QED) is 0.568. The lowest BCUT2D eigenvalue weighted by Gasteiger charge is -2.17. The Bertz CT molecular complexity index is 1080. The molecule has 0 radical (unpaired) electrons. The van der Waals surface area contributed by atoms with Gasteiger partial charge in [-0.25, -0.2) is 26.3 Å². The summed E-state index contributed by atoms with van der Waals surface area (Å²) < 4.78 is 54.1. The summed E-state index contributed by atoms with van der Waals surface area (Å²) in [4.78, 5) is 13.7. The van der Waals surface area contributed by atoms with Crippen LogP contribution in [0.15, 0.2) is 64.4 Å². The molecular formula is C20H25N3O5S2. The Balaban J connectivity index is 1.52. The molecule has 10 heteroatoms. The minimum Gasteiger partial charge on any atom is -0.341 e. The van der Waals surface area contributed by atoms with Crippen molar-refractivity contribution in [1.29, 1.82) is 0 Å². The van der Waals surface area contributed by atoms with Gasteiger partial charge >= 0.3 is 0 Å². The van der Waals surface area contributed by atoms with E-state index in [0.29, 0.717) is 6.54 Å². The first kappa shape index (κ1) is 22.4. The van der Waals surface area contributed by atoms with Gasteiger partial charge in [-0.05, 0) is 42.7 Å². The molecule has 0 unspecified atom stereocenters. The predicted octanol–water partition coefficient (Wildman–Crippen LogP) is 1.45. The van der Waals surface area contributed by atoms with Gasteiger partial charge in [-0.15, -0.1) is 0 Å². The average Bonchev–Trinajstić information content (AvgIpc) is 3.52. The molecule has 2 aromatic carbocycles. The summed E-state index contributed by atoms with van der Waals surface area (Å²) in [5.74, 6) is -0.186. The minimum absolute atomic E-state index is 0.0142. The number of carbonyl (C=O) groups excluding carboxylic acids is 1. The van der Waals surface area contributed by atoms with E-state index in [-0.39, 0.29) is 34.7 Å². The first-order valence-corrected chi connectivity index (χ1v) is 12.5. The molecule has 0 aliphatic heterocycles. The van der Waals surface area contributed by atoms with Crippen molar-refractivity contribution < 1.29 is 21.6 Å². The number of hydrogen-bond acceptors (Lipinski definition) is 5. The number of hydrogen-bond donors (Lipinski definition) is 2. The minimum atomic E-state index is -3.85. The number of nitrogens with one attached hydrogen (secondary N) is 2. The number of sulfonamides is 2. The van der Waals surface area contributed by atoms with Crippen LogP contribution in [0.3, 0.4) is 0 Å². The Morgan fingerprint density at radius 3 is 2.07 bits per heavy atom. The van der Waals surface area contributed by atoms with Gasteiger partial charge in [-0.3, -0.25) is 4.79 Å². The van der Waals surface area contributed by atoms with Crippen LogP contribution in [0.1, 0.15) is 24.8 Å². The molecule has 0 heterocycles. The first-order valence-electron chi connectivity index (χ1n) is 9.57. The third-order valence-corrected chi connectivity index (χ3v) is 7.68. The van der Waals surface area contributed by atoms with E-state index in [2.05, 4.69) is 9.44 Å². The van der Waals surface area contributed by atoms with Crippen molar-refractivity contribution >= 4 is 26.0 Å². The molecule has 0 aromatic heterocycles. The Morgan fingerprint density at radius 2 is 1.50 bits per heavy atom. The van der Waals surface area contributed by atoms with Gasteiger partial charge in [0.2, 0.25) is 26.0 Å². The number of benzene rings is 2. The van der Waals surface area contributed by atoms with Crippen LogP contribution in [0.2, 0.25) is 0 Å². The molecule has 8 nitrogen and oxygen atoms in total. The van der Waals surface area contributed by atoms with E-state index in [4.69, 9.17) is 0 Å². The molecule has 0 bridgehead atoms. The van der Waals surface area contributed by atoms with E-state index >= 15 is 0 Å². The van der Waals surface area contributed by atoms with E-state index < -0.39 is 20.0 Å². The lowest BCUT2D eigenvalue weighted by atomic mass is 10.2. The third kappa shape index (κ3) is 6.11. The highest BCUT2D eigenvalue weighted by molar-refractivity contribution is 7.90. The maximum Gasteiger partial charge on any atom is 0.240 e. The van der Waals surface area contributed by atoms with Crippen LogP contribution in [-0.4, -0.2) is 47.3 Å². The largest absolute Gasteiger partial charge is 0.341 e. The third-order valence-electron chi connectivity index (χ3n) is 4.66. The SMILES string of the molecule is CN(Cc1ccccc1)C(=O)CCNS(=O)(=O)c1ccc(S(=O)(=O)NC2CC2)cc1. The number of nitrogens with zero attached hydrogens (tertiary/aromatic N) is 1. The van der Waals surface area contributed by atoms with Gasteiger partial charge in [0.05, 0.1) is 9.79 Å². The highest BCUT2D eigenvalue weighted by Crippen LogP contribution is 2.22. The second-order valence-electron chi connectivity index (χ2n) is 7.25. The first-order chi connectivity index (χ1) is 14.2. The van der Waals surface area contributed by atoms with E-state index in [0.717, 1.165) is 18.4 Å². The predicted molar refractivity (Wildman–Crippen MR) is 113 cm³/mol. The normalized spacial score (nSPS) is 14.4. The highest BCUT2D eigenvalue weighted by atomic mass is 32.2. The summed E-state index contributed by atoms with van der Waals surface area (Å²) >= 11 is 0. The number of rotatable bonds is 10. The summed E-state index contributed by atoms with van der Waals surface area (Å²) in [6.07, 6.45) is 1.64. The smallest absolute Gasteiger partial charge is 0.240 e. The molecule has 0 spiro atoms. The molecular weight excluding hydrogens is 426 g/mol. The Morgan fingerprint density at radius 1 is 0.933 bits per heavy atom. The maximum atomic E-state index is 12.4. The topological polar surface area (TPSA) is 113 Å². The Labute approximate surface area is 177 Å². The van der Waals surface area contributed by atoms with Crippen LogP contribution >= 0.6 is 0 Å². The van der Waals surface area contributed by atoms with Crippen LogP contribution in [0.4, 0.5) is 0 Å². The van der Waals surface area contributed by atoms with Crippen molar-refractivity contribution in [3.63, 3.8) is 0 Å². The lowest BCUT2D eigenvalue weighted by molar-refractivity contribution is -0.130. The molecule has 2 aromatic rings. The molecule has 3 rings (SSSR count). The second-order valence-corrected chi connectivity index (χ2v) is 10.7. The van der Waals surface area contributed by atoms with Gasteiger partial charge in [0.25, 0.3) is 0 Å². The molecule has 162 valence electrons. The van der Waals surface area contributed by atoms with Crippen molar-refractivity contribution in [3.8, 4) is 0 Å². The van der Waals surface area contributed by atoms with Gasteiger partial charge in [0, 0.05) is 32.6 Å². The fourth-order valence-corrected chi connectivity index (χ4v) is 5.14. The molecule has 2 N–H and O–H groups in total. The zero-order chi connectivity index (χ0) is 21.8. The van der Waals surface area contributed by atoms with Gasteiger partial charge in [0.1, 0.15) is 0 Å². The highest BCUT2D eigenvalue weighted by Gasteiger charge is 2.28. The lowest BCUT2D eigenvalue weighted by Crippen LogP contribution is -2.32. The summed E-state index contributed by atoms with van der Waals surface area (Å²) in [6.45, 7) is 0.390. The molecule has 0 saturated heterocycles.